The van der Waals surface area contributed by atoms with Gasteiger partial charge in [-0.25, -0.2) is 14.9 Å². The Morgan fingerprint density at radius 2 is 1.76 bits per heavy atom. The lowest BCUT2D eigenvalue weighted by Gasteiger charge is -2.28. The van der Waals surface area contributed by atoms with Crippen molar-refractivity contribution < 1.29 is 9.21 Å². The summed E-state index contributed by atoms with van der Waals surface area (Å²) >= 11 is 0. The predicted molar refractivity (Wildman–Crippen MR) is 162 cm³/mol. The van der Waals surface area contributed by atoms with Crippen molar-refractivity contribution in [2.45, 2.75) is 6.04 Å². The van der Waals surface area contributed by atoms with Crippen LogP contribution in [0.2, 0.25) is 0 Å². The lowest BCUT2D eigenvalue weighted by molar-refractivity contribution is 0.0931. The van der Waals surface area contributed by atoms with Gasteiger partial charge in [0.05, 0.1) is 18.0 Å². The number of amides is 1. The van der Waals surface area contributed by atoms with Crippen molar-refractivity contribution in [3.63, 3.8) is 0 Å². The van der Waals surface area contributed by atoms with Crippen LogP contribution < -0.4 is 21.3 Å². The number of hydrogen-bond acceptors (Lipinski definition) is 7. The Morgan fingerprint density at radius 1 is 1.02 bits per heavy atom. The first-order valence-electron chi connectivity index (χ1n) is 13.3. The van der Waals surface area contributed by atoms with Crippen molar-refractivity contribution in [2.24, 2.45) is 4.99 Å². The second-order valence-electron chi connectivity index (χ2n) is 9.51. The number of carbonyl (C=O) groups is 1. The number of aromatic nitrogens is 3. The highest BCUT2D eigenvalue weighted by molar-refractivity contribution is 6.11. The molecule has 0 spiro atoms. The molecule has 0 bridgehead atoms. The lowest BCUT2D eigenvalue weighted by Crippen LogP contribution is -2.36. The number of hydrogen-bond donors (Lipinski definition) is 4. The molecule has 3 heterocycles. The third kappa shape index (κ3) is 5.70. The molecule has 208 valence electrons. The molecular weight excluding hydrogens is 530 g/mol. The molecule has 1 aliphatic rings. The fraction of sp³-hybridized carbons (Fsp3) is 0.0938. The molecule has 42 heavy (non-hydrogen) atoms. The number of rotatable bonds is 9. The molecule has 1 aliphatic heterocycles. The summed E-state index contributed by atoms with van der Waals surface area (Å²) in [5.74, 6) is -0.341. The average molecular weight is 558 g/mol. The van der Waals surface area contributed by atoms with Crippen molar-refractivity contribution in [2.75, 3.05) is 18.5 Å². The number of fused-ring (bicyclic) bond motifs is 1. The molecule has 10 heteroatoms. The molecule has 0 radical (unpaired) electrons. The summed E-state index contributed by atoms with van der Waals surface area (Å²) in [4.78, 5) is 35.5. The van der Waals surface area contributed by atoms with Crippen molar-refractivity contribution in [3.05, 3.63) is 142 Å². The van der Waals surface area contributed by atoms with Gasteiger partial charge in [-0.2, -0.15) is 0 Å². The van der Waals surface area contributed by atoms with Crippen LogP contribution in [0.1, 0.15) is 28.0 Å². The number of aromatic amines is 2. The second kappa shape index (κ2) is 11.7. The van der Waals surface area contributed by atoms with Crippen LogP contribution in [0.5, 0.6) is 0 Å². The molecule has 0 saturated heterocycles. The molecular formula is C32H27N7O3. The normalized spacial score (nSPS) is 13.3. The molecule has 3 aromatic carbocycles. The van der Waals surface area contributed by atoms with Gasteiger partial charge in [0, 0.05) is 34.9 Å². The van der Waals surface area contributed by atoms with Gasteiger partial charge in [0.25, 0.3) is 5.91 Å². The number of para-hydroxylation sites is 2. The van der Waals surface area contributed by atoms with E-state index in [-0.39, 0.29) is 18.3 Å². The van der Waals surface area contributed by atoms with Gasteiger partial charge in [0.1, 0.15) is 6.04 Å². The maximum atomic E-state index is 13.6. The molecule has 5 aromatic rings. The van der Waals surface area contributed by atoms with E-state index < -0.39 is 11.8 Å². The number of nitrogens with zero attached hydrogens (tertiary/aromatic N) is 3. The van der Waals surface area contributed by atoms with Gasteiger partial charge < -0.3 is 24.9 Å². The molecule has 2 aromatic heterocycles. The summed E-state index contributed by atoms with van der Waals surface area (Å²) in [5, 5.41) is 13.2. The summed E-state index contributed by atoms with van der Waals surface area (Å²) < 4.78 is 5.32. The highest BCUT2D eigenvalue weighted by atomic mass is 16.4. The minimum Gasteiger partial charge on any atom is -0.390 e. The van der Waals surface area contributed by atoms with Crippen molar-refractivity contribution in [1.82, 2.24) is 25.8 Å². The zero-order chi connectivity index (χ0) is 28.9. The van der Waals surface area contributed by atoms with Crippen LogP contribution in [-0.4, -0.2) is 40.4 Å². The number of allylic oxidation sites excluding steroid dienone is 3. The second-order valence-corrected chi connectivity index (χ2v) is 9.51. The minimum absolute atomic E-state index is 0.0791. The van der Waals surface area contributed by atoms with Crippen molar-refractivity contribution in [1.29, 1.82) is 0 Å². The van der Waals surface area contributed by atoms with Crippen LogP contribution in [0.25, 0.3) is 10.9 Å². The zero-order valence-electron chi connectivity index (χ0n) is 22.7. The van der Waals surface area contributed by atoms with E-state index in [2.05, 4.69) is 36.5 Å². The summed E-state index contributed by atoms with van der Waals surface area (Å²) in [6, 6.07) is 26.1. The Bertz CT molecular complexity index is 1870. The van der Waals surface area contributed by atoms with E-state index in [9.17, 15) is 9.59 Å². The molecule has 10 nitrogen and oxygen atoms in total. The van der Waals surface area contributed by atoms with Crippen LogP contribution in [0.3, 0.4) is 0 Å². The third-order valence-electron chi connectivity index (χ3n) is 6.76. The highest BCUT2D eigenvalue weighted by Crippen LogP contribution is 2.28. The van der Waals surface area contributed by atoms with E-state index in [1.54, 1.807) is 19.2 Å². The van der Waals surface area contributed by atoms with Crippen LogP contribution in [0, 0.1) is 0 Å². The maximum Gasteiger partial charge on any atom is 0.434 e. The van der Waals surface area contributed by atoms with Crippen LogP contribution in [0.15, 0.2) is 129 Å². The molecule has 1 amide bonds. The van der Waals surface area contributed by atoms with Gasteiger partial charge in [-0.1, -0.05) is 48.2 Å². The Kier molecular flexibility index (Phi) is 7.35. The molecule has 4 N–H and O–H groups in total. The summed E-state index contributed by atoms with van der Waals surface area (Å²) in [7, 11) is 1.79. The fourth-order valence-corrected chi connectivity index (χ4v) is 4.72. The average Bonchev–Trinajstić information content (AvgIpc) is 3.58. The van der Waals surface area contributed by atoms with E-state index in [1.807, 2.05) is 95.9 Å². The first-order valence-corrected chi connectivity index (χ1v) is 13.3. The van der Waals surface area contributed by atoms with Crippen molar-refractivity contribution in [3.8, 4) is 0 Å². The third-order valence-corrected chi connectivity index (χ3v) is 6.76. The summed E-state index contributed by atoms with van der Waals surface area (Å²) in [6.07, 6.45) is 5.56. The Morgan fingerprint density at radius 3 is 2.43 bits per heavy atom. The number of nitrogens with one attached hydrogen (secondary N) is 4. The first kappa shape index (κ1) is 26.4. The van der Waals surface area contributed by atoms with Gasteiger partial charge in [-0.3, -0.25) is 4.79 Å². The standard InChI is InChI=1S/C32H27N7O3/c1-33-29-15-9-8-14-26(35-29)27-19-22-18-21(16-17-25(22)34-27)30(40)36-28(31-37-38-32(41)42-31)20-39(23-10-4-2-5-11-23)24-12-6-3-7-13-24/h2-14,16-19,28,33-34H,20H2,1H3,(H,36,40)(H,38,41)/t28-/m0/s1. The monoisotopic (exact) mass is 557 g/mol. The minimum atomic E-state index is -0.751. The molecule has 1 atom stereocenters. The van der Waals surface area contributed by atoms with Gasteiger partial charge in [0.2, 0.25) is 5.89 Å². The van der Waals surface area contributed by atoms with E-state index >= 15 is 0 Å². The molecule has 0 saturated carbocycles. The van der Waals surface area contributed by atoms with E-state index in [0.717, 1.165) is 33.7 Å². The van der Waals surface area contributed by atoms with Crippen LogP contribution in [-0.2, 0) is 0 Å². The van der Waals surface area contributed by atoms with Gasteiger partial charge in [-0.15, -0.1) is 5.10 Å². The van der Waals surface area contributed by atoms with E-state index in [1.165, 1.54) is 0 Å². The molecule has 0 aliphatic carbocycles. The number of H-pyrrole nitrogens is 2. The number of carbonyl (C=O) groups excluding carboxylic acids is 1. The summed E-state index contributed by atoms with van der Waals surface area (Å²) in [6.45, 7) is 0.256. The highest BCUT2D eigenvalue weighted by Gasteiger charge is 2.25. The van der Waals surface area contributed by atoms with E-state index in [0.29, 0.717) is 11.4 Å². The van der Waals surface area contributed by atoms with Gasteiger partial charge in [0.15, 0.2) is 5.82 Å². The maximum absolute atomic E-state index is 13.6. The van der Waals surface area contributed by atoms with Crippen LogP contribution in [0.4, 0.5) is 11.4 Å². The SMILES string of the molecule is CNC1=C=CC=CC(c2cc3cc(C(=O)N[C@@H](CN(c4ccccc4)c4ccccc4)c4n[nH]c(=O)o4)ccc3[nH]2)=N1. The largest absolute Gasteiger partial charge is 0.434 e. The Hall–Kier alpha value is -5.86. The Labute approximate surface area is 240 Å². The predicted octanol–water partition coefficient (Wildman–Crippen LogP) is 4.73. The van der Waals surface area contributed by atoms with Gasteiger partial charge in [-0.05, 0) is 60.7 Å². The number of anilines is 2. The van der Waals surface area contributed by atoms with Crippen molar-refractivity contribution >= 4 is 33.9 Å². The molecule has 6 rings (SSSR count). The van der Waals surface area contributed by atoms with Gasteiger partial charge >= 0.3 is 5.76 Å². The first-order chi connectivity index (χ1) is 20.6. The quantitative estimate of drug-likeness (QED) is 0.194. The lowest BCUT2D eigenvalue weighted by atomic mass is 10.1. The molecule has 0 fully saturated rings. The zero-order valence-corrected chi connectivity index (χ0v) is 22.7. The summed E-state index contributed by atoms with van der Waals surface area (Å²) in [5.41, 5.74) is 7.71. The van der Waals surface area contributed by atoms with Crippen LogP contribution >= 0.6 is 0 Å². The molecule has 0 unspecified atom stereocenters. The number of aliphatic imine (C=N–C) groups is 1. The fourth-order valence-electron chi connectivity index (χ4n) is 4.72. The van der Waals surface area contributed by atoms with E-state index in [4.69, 9.17) is 4.42 Å². The smallest absolute Gasteiger partial charge is 0.390 e. The number of benzene rings is 3. The topological polar surface area (TPSA) is 131 Å². The Balaban J connectivity index is 1.30.